The van der Waals surface area contributed by atoms with Crippen LogP contribution in [0, 0.1) is 0 Å². The quantitative estimate of drug-likeness (QED) is 0.763. The monoisotopic (exact) mass is 349 g/mol. The van der Waals surface area contributed by atoms with Crippen molar-refractivity contribution in [3.63, 3.8) is 0 Å². The van der Waals surface area contributed by atoms with Gasteiger partial charge in [-0.15, -0.1) is 0 Å². The van der Waals surface area contributed by atoms with Crippen LogP contribution in [0.15, 0.2) is 47.0 Å². The van der Waals surface area contributed by atoms with Crippen molar-refractivity contribution in [2.24, 2.45) is 0 Å². The Hall–Kier alpha value is -2.45. The van der Waals surface area contributed by atoms with Crippen molar-refractivity contribution in [2.45, 2.75) is 13.1 Å². The summed E-state index contributed by atoms with van der Waals surface area (Å²) in [6, 6.07) is 8.82. The molecule has 1 amide bonds. The van der Waals surface area contributed by atoms with Gasteiger partial charge >= 0.3 is 0 Å². The van der Waals surface area contributed by atoms with Crippen LogP contribution in [0.4, 0.5) is 0 Å². The van der Waals surface area contributed by atoms with Gasteiger partial charge in [0, 0.05) is 19.3 Å². The first-order chi connectivity index (χ1) is 11.3. The molecule has 0 aromatic carbocycles. The predicted molar refractivity (Wildman–Crippen MR) is 90.1 cm³/mol. The topological polar surface area (TPSA) is 92.5 Å². The first-order valence-electron chi connectivity index (χ1n) is 7.20. The Morgan fingerprint density at radius 1 is 1.33 bits per heavy atom. The molecule has 0 atom stereocenters. The standard InChI is InChI=1S/C16H19N3O4S/c1-19(24(2,21)22)12-15-7-6-14(23-15)8-9-16(20)18-11-13-5-3-4-10-17-13/h3-10H,11-12H2,1-2H3,(H,18,20)/b9-8+. The molecule has 2 aromatic rings. The van der Waals surface area contributed by atoms with Crippen LogP contribution in [0.3, 0.4) is 0 Å². The van der Waals surface area contributed by atoms with Gasteiger partial charge in [0.1, 0.15) is 11.5 Å². The average molecular weight is 349 g/mol. The van der Waals surface area contributed by atoms with Crippen molar-refractivity contribution >= 4 is 22.0 Å². The summed E-state index contributed by atoms with van der Waals surface area (Å²) in [6.45, 7) is 0.477. The number of carbonyl (C=O) groups excluding carboxylic acids is 1. The van der Waals surface area contributed by atoms with E-state index in [1.165, 1.54) is 23.5 Å². The van der Waals surface area contributed by atoms with Crippen molar-refractivity contribution < 1.29 is 17.6 Å². The Labute approximate surface area is 141 Å². The van der Waals surface area contributed by atoms with Crippen molar-refractivity contribution in [1.29, 1.82) is 0 Å². The molecule has 0 bridgehead atoms. The van der Waals surface area contributed by atoms with Gasteiger partial charge in [0.15, 0.2) is 0 Å². The zero-order valence-corrected chi connectivity index (χ0v) is 14.3. The highest BCUT2D eigenvalue weighted by atomic mass is 32.2. The molecule has 0 fully saturated rings. The zero-order chi connectivity index (χ0) is 17.6. The second-order valence-electron chi connectivity index (χ2n) is 5.20. The SMILES string of the molecule is CN(Cc1ccc(/C=C/C(=O)NCc2ccccn2)o1)S(C)(=O)=O. The number of amides is 1. The number of nitrogens with one attached hydrogen (secondary N) is 1. The van der Waals surface area contributed by atoms with Crippen molar-refractivity contribution in [1.82, 2.24) is 14.6 Å². The molecule has 7 nitrogen and oxygen atoms in total. The minimum atomic E-state index is -3.27. The van der Waals surface area contributed by atoms with E-state index in [1.54, 1.807) is 24.4 Å². The maximum Gasteiger partial charge on any atom is 0.244 e. The Morgan fingerprint density at radius 3 is 2.79 bits per heavy atom. The van der Waals surface area contributed by atoms with E-state index in [1.807, 2.05) is 12.1 Å². The fourth-order valence-electron chi connectivity index (χ4n) is 1.80. The number of sulfonamides is 1. The molecule has 2 aromatic heterocycles. The van der Waals surface area contributed by atoms with Gasteiger partial charge in [-0.1, -0.05) is 6.07 Å². The van der Waals surface area contributed by atoms with Gasteiger partial charge in [-0.2, -0.15) is 4.31 Å². The minimum absolute atomic E-state index is 0.137. The second-order valence-corrected chi connectivity index (χ2v) is 7.28. The van der Waals surface area contributed by atoms with E-state index in [2.05, 4.69) is 10.3 Å². The molecule has 2 heterocycles. The summed E-state index contributed by atoms with van der Waals surface area (Å²) in [5.74, 6) is 0.697. The van der Waals surface area contributed by atoms with Gasteiger partial charge < -0.3 is 9.73 Å². The van der Waals surface area contributed by atoms with Crippen molar-refractivity contribution in [2.75, 3.05) is 13.3 Å². The maximum absolute atomic E-state index is 11.8. The number of aromatic nitrogens is 1. The minimum Gasteiger partial charge on any atom is -0.460 e. The molecule has 24 heavy (non-hydrogen) atoms. The lowest BCUT2D eigenvalue weighted by Crippen LogP contribution is -2.24. The van der Waals surface area contributed by atoms with Gasteiger partial charge in [0.05, 0.1) is 25.0 Å². The Bertz CT molecular complexity index is 813. The fourth-order valence-corrected chi connectivity index (χ4v) is 2.16. The molecule has 8 heteroatoms. The lowest BCUT2D eigenvalue weighted by Gasteiger charge is -2.11. The number of hydrogen-bond acceptors (Lipinski definition) is 5. The Balaban J connectivity index is 1.87. The van der Waals surface area contributed by atoms with E-state index < -0.39 is 10.0 Å². The summed E-state index contributed by atoms with van der Waals surface area (Å²) in [5, 5.41) is 2.71. The van der Waals surface area contributed by atoms with Gasteiger partial charge in [-0.25, -0.2) is 8.42 Å². The summed E-state index contributed by atoms with van der Waals surface area (Å²) < 4.78 is 29.4. The van der Waals surface area contributed by atoms with E-state index in [9.17, 15) is 13.2 Å². The van der Waals surface area contributed by atoms with Gasteiger partial charge in [0.2, 0.25) is 15.9 Å². The summed E-state index contributed by atoms with van der Waals surface area (Å²) in [4.78, 5) is 15.9. The van der Waals surface area contributed by atoms with Crippen molar-refractivity contribution in [3.8, 4) is 0 Å². The Kier molecular flexibility index (Phi) is 5.88. The van der Waals surface area contributed by atoms with Crippen LogP contribution in [0.5, 0.6) is 0 Å². The van der Waals surface area contributed by atoms with Crippen LogP contribution in [-0.4, -0.2) is 36.9 Å². The number of furan rings is 1. The smallest absolute Gasteiger partial charge is 0.244 e. The number of hydrogen-bond donors (Lipinski definition) is 1. The molecule has 0 aliphatic rings. The highest BCUT2D eigenvalue weighted by molar-refractivity contribution is 7.88. The third-order valence-electron chi connectivity index (χ3n) is 3.20. The molecule has 2 rings (SSSR count). The molecule has 128 valence electrons. The largest absolute Gasteiger partial charge is 0.460 e. The normalized spacial score (nSPS) is 12.0. The molecule has 1 N–H and O–H groups in total. The third-order valence-corrected chi connectivity index (χ3v) is 4.46. The van der Waals surface area contributed by atoms with Gasteiger partial charge in [-0.05, 0) is 30.3 Å². The highest BCUT2D eigenvalue weighted by Crippen LogP contribution is 2.12. The second kappa shape index (κ2) is 7.89. The van der Waals surface area contributed by atoms with E-state index in [0.29, 0.717) is 18.1 Å². The molecular formula is C16H19N3O4S. The van der Waals surface area contributed by atoms with Crippen molar-refractivity contribution in [3.05, 3.63) is 59.8 Å². The molecule has 0 saturated carbocycles. The summed E-state index contributed by atoms with van der Waals surface area (Å²) >= 11 is 0. The predicted octanol–water partition coefficient (Wildman–Crippen LogP) is 1.40. The third kappa shape index (κ3) is 5.64. The van der Waals surface area contributed by atoms with Crippen LogP contribution >= 0.6 is 0 Å². The average Bonchev–Trinajstić information content (AvgIpc) is 2.98. The number of rotatable bonds is 7. The molecular weight excluding hydrogens is 330 g/mol. The van der Waals surface area contributed by atoms with E-state index in [0.717, 1.165) is 11.9 Å². The molecule has 0 unspecified atom stereocenters. The molecule has 0 saturated heterocycles. The van der Waals surface area contributed by atoms with Crippen LogP contribution in [0.1, 0.15) is 17.2 Å². The molecule has 0 aliphatic heterocycles. The summed E-state index contributed by atoms with van der Waals surface area (Å²) in [7, 11) is -1.80. The maximum atomic E-state index is 11.8. The lowest BCUT2D eigenvalue weighted by molar-refractivity contribution is -0.116. The molecule has 0 aliphatic carbocycles. The molecule has 0 radical (unpaired) electrons. The van der Waals surface area contributed by atoms with E-state index >= 15 is 0 Å². The van der Waals surface area contributed by atoms with Crippen LogP contribution in [-0.2, 0) is 27.9 Å². The van der Waals surface area contributed by atoms with E-state index in [4.69, 9.17) is 4.42 Å². The zero-order valence-electron chi connectivity index (χ0n) is 13.5. The summed E-state index contributed by atoms with van der Waals surface area (Å²) in [5.41, 5.74) is 0.767. The first-order valence-corrected chi connectivity index (χ1v) is 9.05. The molecule has 0 spiro atoms. The van der Waals surface area contributed by atoms with Crippen LogP contribution in [0.25, 0.3) is 6.08 Å². The number of nitrogens with zero attached hydrogens (tertiary/aromatic N) is 2. The van der Waals surface area contributed by atoms with E-state index in [-0.39, 0.29) is 12.5 Å². The fraction of sp³-hybridized carbons (Fsp3) is 0.250. The lowest BCUT2D eigenvalue weighted by atomic mass is 10.3. The van der Waals surface area contributed by atoms with Crippen LogP contribution < -0.4 is 5.32 Å². The van der Waals surface area contributed by atoms with Crippen LogP contribution in [0.2, 0.25) is 0 Å². The Morgan fingerprint density at radius 2 is 2.12 bits per heavy atom. The number of pyridine rings is 1. The first kappa shape index (κ1) is 17.9. The number of carbonyl (C=O) groups is 1. The van der Waals surface area contributed by atoms with Gasteiger partial charge in [0.25, 0.3) is 0 Å². The van der Waals surface area contributed by atoms with Gasteiger partial charge in [-0.3, -0.25) is 9.78 Å². The highest BCUT2D eigenvalue weighted by Gasteiger charge is 2.13. The summed E-state index contributed by atoms with van der Waals surface area (Å²) in [6.07, 6.45) is 5.67.